The van der Waals surface area contributed by atoms with E-state index in [0.29, 0.717) is 6.04 Å². The van der Waals surface area contributed by atoms with Gasteiger partial charge in [0.05, 0.1) is 16.4 Å². The first kappa shape index (κ1) is 16.8. The minimum atomic E-state index is 0.518. The highest BCUT2D eigenvalue weighted by molar-refractivity contribution is 6.31. The Morgan fingerprint density at radius 2 is 2.05 bits per heavy atom. The van der Waals surface area contributed by atoms with Crippen LogP contribution in [0.2, 0.25) is 5.02 Å². The molecule has 3 nitrogen and oxygen atoms in total. The lowest BCUT2D eigenvalue weighted by Crippen LogP contribution is -2.32. The molecule has 1 aliphatic carbocycles. The van der Waals surface area contributed by atoms with Gasteiger partial charge < -0.3 is 5.32 Å². The Morgan fingerprint density at radius 3 is 2.62 bits per heavy atom. The number of aromatic nitrogens is 2. The van der Waals surface area contributed by atoms with Crippen molar-refractivity contribution in [1.29, 1.82) is 0 Å². The summed E-state index contributed by atoms with van der Waals surface area (Å²) in [6.07, 6.45) is 10.8. The molecule has 1 heterocycles. The zero-order chi connectivity index (χ0) is 15.2. The second-order valence-electron chi connectivity index (χ2n) is 6.51. The first-order chi connectivity index (χ1) is 10.1. The Balaban J connectivity index is 1.91. The maximum absolute atomic E-state index is 6.40. The molecule has 1 aromatic heterocycles. The summed E-state index contributed by atoms with van der Waals surface area (Å²) >= 11 is 6.40. The number of likely N-dealkylation sites (N-methyl/N-ethyl adjacent to an activating group) is 1. The molecule has 0 saturated heterocycles. The van der Waals surface area contributed by atoms with Crippen LogP contribution in [0.4, 0.5) is 0 Å². The number of rotatable bonds is 7. The lowest BCUT2D eigenvalue weighted by molar-refractivity contribution is 0.312. The monoisotopic (exact) mass is 311 g/mol. The van der Waals surface area contributed by atoms with E-state index in [2.05, 4.69) is 17.3 Å². The van der Waals surface area contributed by atoms with Crippen LogP contribution in [0.3, 0.4) is 0 Å². The third-order valence-electron chi connectivity index (χ3n) is 4.84. The molecule has 1 atom stereocenters. The molecule has 2 rings (SSSR count). The zero-order valence-electron chi connectivity index (χ0n) is 13.8. The van der Waals surface area contributed by atoms with E-state index in [-0.39, 0.29) is 0 Å². The van der Waals surface area contributed by atoms with Gasteiger partial charge in [0.25, 0.3) is 0 Å². The van der Waals surface area contributed by atoms with E-state index in [1.807, 2.05) is 18.7 Å². The van der Waals surface area contributed by atoms with Crippen molar-refractivity contribution < 1.29 is 0 Å². The van der Waals surface area contributed by atoms with Crippen LogP contribution in [0.5, 0.6) is 0 Å². The third kappa shape index (κ3) is 4.72. The van der Waals surface area contributed by atoms with Crippen LogP contribution in [0.15, 0.2) is 0 Å². The summed E-state index contributed by atoms with van der Waals surface area (Å²) in [4.78, 5) is 0. The Hall–Kier alpha value is -0.540. The highest BCUT2D eigenvalue weighted by atomic mass is 35.5. The molecular formula is C17H30ClN3. The van der Waals surface area contributed by atoms with E-state index in [0.717, 1.165) is 29.6 Å². The largest absolute Gasteiger partial charge is 0.314 e. The molecule has 0 aliphatic heterocycles. The van der Waals surface area contributed by atoms with Crippen molar-refractivity contribution in [3.8, 4) is 0 Å². The number of nitrogens with zero attached hydrogens (tertiary/aromatic N) is 2. The molecule has 1 saturated carbocycles. The number of nitrogens with one attached hydrogen (secondary N) is 1. The first-order valence-electron chi connectivity index (χ1n) is 8.53. The van der Waals surface area contributed by atoms with Crippen LogP contribution in [0, 0.1) is 12.8 Å². The summed E-state index contributed by atoms with van der Waals surface area (Å²) in [6, 6.07) is 0.518. The van der Waals surface area contributed by atoms with Gasteiger partial charge in [0, 0.05) is 19.5 Å². The standard InChI is InChI=1S/C17H30ClN3/c1-4-19-15(11-10-14-8-6-5-7-9-14)12-16-17(18)13(2)20-21(16)3/h14-15,19H,4-12H2,1-3H3. The van der Waals surface area contributed by atoms with E-state index < -0.39 is 0 Å². The number of aryl methyl sites for hydroxylation is 2. The van der Waals surface area contributed by atoms with E-state index in [1.165, 1.54) is 50.6 Å². The van der Waals surface area contributed by atoms with Gasteiger partial charge in [-0.1, -0.05) is 50.6 Å². The molecule has 0 radical (unpaired) electrons. The van der Waals surface area contributed by atoms with Crippen molar-refractivity contribution >= 4 is 11.6 Å². The van der Waals surface area contributed by atoms with Gasteiger partial charge in [-0.3, -0.25) is 4.68 Å². The normalized spacial score (nSPS) is 18.1. The SMILES string of the molecule is CCNC(CCC1CCCCC1)Cc1c(Cl)c(C)nn1C. The molecule has 1 unspecified atom stereocenters. The fourth-order valence-electron chi connectivity index (χ4n) is 3.61. The van der Waals surface area contributed by atoms with Gasteiger partial charge in [-0.2, -0.15) is 5.10 Å². The maximum Gasteiger partial charge on any atom is 0.0847 e. The smallest absolute Gasteiger partial charge is 0.0847 e. The summed E-state index contributed by atoms with van der Waals surface area (Å²) in [5, 5.41) is 8.91. The molecule has 21 heavy (non-hydrogen) atoms. The minimum Gasteiger partial charge on any atom is -0.314 e. The molecule has 1 N–H and O–H groups in total. The van der Waals surface area contributed by atoms with Gasteiger partial charge in [0.2, 0.25) is 0 Å². The average molecular weight is 312 g/mol. The van der Waals surface area contributed by atoms with Gasteiger partial charge in [0.1, 0.15) is 0 Å². The van der Waals surface area contributed by atoms with Gasteiger partial charge in [-0.15, -0.1) is 0 Å². The molecule has 0 bridgehead atoms. The number of halogens is 1. The van der Waals surface area contributed by atoms with Crippen molar-refractivity contribution in [3.63, 3.8) is 0 Å². The van der Waals surface area contributed by atoms with Crippen molar-refractivity contribution in [2.24, 2.45) is 13.0 Å². The van der Waals surface area contributed by atoms with Gasteiger partial charge in [-0.25, -0.2) is 0 Å². The van der Waals surface area contributed by atoms with Crippen LogP contribution >= 0.6 is 11.6 Å². The molecule has 0 amide bonds. The Bertz CT molecular complexity index is 435. The number of hydrogen-bond acceptors (Lipinski definition) is 2. The number of hydrogen-bond donors (Lipinski definition) is 1. The molecule has 1 aromatic rings. The summed E-state index contributed by atoms with van der Waals surface area (Å²) in [7, 11) is 2.00. The molecule has 120 valence electrons. The van der Waals surface area contributed by atoms with Gasteiger partial charge in [-0.05, 0) is 32.2 Å². The van der Waals surface area contributed by atoms with Crippen molar-refractivity contribution in [2.75, 3.05) is 6.54 Å². The highest BCUT2D eigenvalue weighted by Crippen LogP contribution is 2.28. The fourth-order valence-corrected chi connectivity index (χ4v) is 3.85. The fraction of sp³-hybridized carbons (Fsp3) is 0.824. The molecular weight excluding hydrogens is 282 g/mol. The van der Waals surface area contributed by atoms with Crippen LogP contribution < -0.4 is 5.32 Å². The van der Waals surface area contributed by atoms with Crippen molar-refractivity contribution in [3.05, 3.63) is 16.4 Å². The molecule has 0 spiro atoms. The lowest BCUT2D eigenvalue weighted by atomic mass is 9.85. The Kier molecular flexibility index (Phi) is 6.56. The predicted octanol–water partition coefficient (Wildman–Crippen LogP) is 4.26. The van der Waals surface area contributed by atoms with Crippen LogP contribution in [0.25, 0.3) is 0 Å². The minimum absolute atomic E-state index is 0.518. The zero-order valence-corrected chi connectivity index (χ0v) is 14.5. The van der Waals surface area contributed by atoms with Crippen LogP contribution in [-0.4, -0.2) is 22.4 Å². The first-order valence-corrected chi connectivity index (χ1v) is 8.91. The average Bonchev–Trinajstić information content (AvgIpc) is 2.72. The van der Waals surface area contributed by atoms with Crippen LogP contribution in [-0.2, 0) is 13.5 Å². The molecule has 0 aromatic carbocycles. The Morgan fingerprint density at radius 1 is 1.33 bits per heavy atom. The summed E-state index contributed by atoms with van der Waals surface area (Å²) in [5.41, 5.74) is 2.11. The van der Waals surface area contributed by atoms with Crippen molar-refractivity contribution in [2.45, 2.75) is 71.3 Å². The van der Waals surface area contributed by atoms with Gasteiger partial charge >= 0.3 is 0 Å². The summed E-state index contributed by atoms with van der Waals surface area (Å²) in [5.74, 6) is 0.948. The van der Waals surface area contributed by atoms with E-state index in [9.17, 15) is 0 Å². The Labute approximate surface area is 134 Å². The second-order valence-corrected chi connectivity index (χ2v) is 6.89. The van der Waals surface area contributed by atoms with E-state index >= 15 is 0 Å². The third-order valence-corrected chi connectivity index (χ3v) is 5.33. The van der Waals surface area contributed by atoms with E-state index in [1.54, 1.807) is 0 Å². The van der Waals surface area contributed by atoms with Gasteiger partial charge in [0.15, 0.2) is 0 Å². The molecule has 1 fully saturated rings. The topological polar surface area (TPSA) is 29.9 Å². The highest BCUT2D eigenvalue weighted by Gasteiger charge is 2.19. The quantitative estimate of drug-likeness (QED) is 0.815. The second kappa shape index (κ2) is 8.19. The van der Waals surface area contributed by atoms with E-state index in [4.69, 9.17) is 11.6 Å². The molecule has 1 aliphatic rings. The van der Waals surface area contributed by atoms with Crippen LogP contribution in [0.1, 0.15) is 63.3 Å². The predicted molar refractivity (Wildman–Crippen MR) is 89.9 cm³/mol. The lowest BCUT2D eigenvalue weighted by Gasteiger charge is -2.25. The van der Waals surface area contributed by atoms with Crippen molar-refractivity contribution in [1.82, 2.24) is 15.1 Å². The maximum atomic E-state index is 6.40. The molecule has 4 heteroatoms. The summed E-state index contributed by atoms with van der Waals surface area (Å²) < 4.78 is 1.95. The summed E-state index contributed by atoms with van der Waals surface area (Å²) in [6.45, 7) is 5.18.